The lowest BCUT2D eigenvalue weighted by molar-refractivity contribution is 0.337. The highest BCUT2D eigenvalue weighted by atomic mass is 35.5. The standard InChI is InChI=1S/C20H23FN2.ClH/c1-23(2)15-14-20(16-22,18-10-6-7-11-19(18)21)13-12-17-8-4-3-5-9-17;/h3-11H,12-15H2,1-2H3;1H. The number of nitrogens with zero attached hydrogens (tertiary/aromatic N) is 2. The van der Waals surface area contributed by atoms with E-state index in [1.54, 1.807) is 12.1 Å². The molecule has 128 valence electrons. The van der Waals surface area contributed by atoms with E-state index in [0.29, 0.717) is 18.4 Å². The fraction of sp³-hybridized carbons (Fsp3) is 0.350. The first-order chi connectivity index (χ1) is 11.1. The largest absolute Gasteiger partial charge is 0.309 e. The van der Waals surface area contributed by atoms with E-state index in [1.165, 1.54) is 11.6 Å². The van der Waals surface area contributed by atoms with Crippen LogP contribution >= 0.6 is 12.4 Å². The van der Waals surface area contributed by atoms with Crippen molar-refractivity contribution in [2.75, 3.05) is 20.6 Å². The maximum absolute atomic E-state index is 14.4. The molecule has 24 heavy (non-hydrogen) atoms. The van der Waals surface area contributed by atoms with Crippen molar-refractivity contribution in [1.29, 1.82) is 5.26 Å². The minimum atomic E-state index is -0.800. The van der Waals surface area contributed by atoms with Crippen molar-refractivity contribution >= 4 is 12.4 Å². The van der Waals surface area contributed by atoms with Crippen molar-refractivity contribution in [3.63, 3.8) is 0 Å². The van der Waals surface area contributed by atoms with Crippen molar-refractivity contribution in [2.24, 2.45) is 0 Å². The molecule has 0 radical (unpaired) electrons. The van der Waals surface area contributed by atoms with Gasteiger partial charge in [0.1, 0.15) is 5.82 Å². The van der Waals surface area contributed by atoms with Crippen LogP contribution in [0.15, 0.2) is 54.6 Å². The minimum Gasteiger partial charge on any atom is -0.309 e. The third-order valence-electron chi connectivity index (χ3n) is 4.27. The zero-order chi connectivity index (χ0) is 16.7. The third-order valence-corrected chi connectivity index (χ3v) is 4.27. The van der Waals surface area contributed by atoms with Gasteiger partial charge in [-0.1, -0.05) is 48.5 Å². The van der Waals surface area contributed by atoms with Gasteiger partial charge in [0.05, 0.1) is 11.5 Å². The molecule has 0 aliphatic heterocycles. The summed E-state index contributed by atoms with van der Waals surface area (Å²) in [6, 6.07) is 19.2. The predicted octanol–water partition coefficient (Wildman–Crippen LogP) is 4.59. The Morgan fingerprint density at radius 1 is 1.00 bits per heavy atom. The van der Waals surface area contributed by atoms with Crippen molar-refractivity contribution in [3.8, 4) is 6.07 Å². The molecule has 0 bridgehead atoms. The van der Waals surface area contributed by atoms with Crippen LogP contribution in [0.4, 0.5) is 4.39 Å². The summed E-state index contributed by atoms with van der Waals surface area (Å²) in [6.07, 6.45) is 1.99. The molecule has 1 unspecified atom stereocenters. The van der Waals surface area contributed by atoms with E-state index in [2.05, 4.69) is 18.2 Å². The van der Waals surface area contributed by atoms with E-state index in [9.17, 15) is 9.65 Å². The molecule has 0 heterocycles. The second kappa shape index (κ2) is 9.42. The normalized spacial score (nSPS) is 13.0. The van der Waals surface area contributed by atoms with E-state index >= 15 is 0 Å². The Balaban J connectivity index is 0.00000288. The lowest BCUT2D eigenvalue weighted by Gasteiger charge is -2.29. The predicted molar refractivity (Wildman–Crippen MR) is 98.9 cm³/mol. The molecule has 2 aromatic carbocycles. The summed E-state index contributed by atoms with van der Waals surface area (Å²) in [7, 11) is 3.95. The van der Waals surface area contributed by atoms with Crippen LogP contribution in [0.2, 0.25) is 0 Å². The topological polar surface area (TPSA) is 27.0 Å². The molecule has 2 nitrogen and oxygen atoms in total. The Morgan fingerprint density at radius 3 is 2.21 bits per heavy atom. The molecule has 1 atom stereocenters. The van der Waals surface area contributed by atoms with E-state index < -0.39 is 5.41 Å². The van der Waals surface area contributed by atoms with Gasteiger partial charge < -0.3 is 4.90 Å². The summed E-state index contributed by atoms with van der Waals surface area (Å²) >= 11 is 0. The van der Waals surface area contributed by atoms with Crippen LogP contribution in [0.5, 0.6) is 0 Å². The van der Waals surface area contributed by atoms with Crippen molar-refractivity contribution in [3.05, 3.63) is 71.5 Å². The number of aryl methyl sites for hydroxylation is 1. The van der Waals surface area contributed by atoms with Crippen molar-refractivity contribution in [2.45, 2.75) is 24.7 Å². The molecular formula is C20H24ClFN2. The smallest absolute Gasteiger partial charge is 0.128 e. The molecule has 2 aromatic rings. The molecule has 0 aromatic heterocycles. The first kappa shape index (κ1) is 20.2. The van der Waals surface area contributed by atoms with Crippen molar-refractivity contribution < 1.29 is 4.39 Å². The summed E-state index contributed by atoms with van der Waals surface area (Å²) in [5, 5.41) is 9.91. The number of nitriles is 1. The van der Waals surface area contributed by atoms with E-state index in [0.717, 1.165) is 13.0 Å². The fourth-order valence-electron chi connectivity index (χ4n) is 2.83. The number of benzene rings is 2. The van der Waals surface area contributed by atoms with Crippen LogP contribution in [0.1, 0.15) is 24.0 Å². The number of halogens is 2. The van der Waals surface area contributed by atoms with Gasteiger partial charge >= 0.3 is 0 Å². The minimum absolute atomic E-state index is 0. The average molecular weight is 347 g/mol. The Kier molecular flexibility index (Phi) is 7.91. The number of hydrogen-bond acceptors (Lipinski definition) is 2. The SMILES string of the molecule is CN(C)CCC(C#N)(CCc1ccccc1)c1ccccc1F.Cl. The molecule has 0 saturated carbocycles. The van der Waals surface area contributed by atoms with Crippen LogP contribution < -0.4 is 0 Å². The monoisotopic (exact) mass is 346 g/mol. The molecule has 0 N–H and O–H groups in total. The Bertz CT molecular complexity index is 667. The number of rotatable bonds is 7. The van der Waals surface area contributed by atoms with Crippen molar-refractivity contribution in [1.82, 2.24) is 4.90 Å². The van der Waals surface area contributed by atoms with Crippen LogP contribution in [-0.4, -0.2) is 25.5 Å². The summed E-state index contributed by atoms with van der Waals surface area (Å²) in [6.45, 7) is 0.747. The first-order valence-corrected chi connectivity index (χ1v) is 7.92. The average Bonchev–Trinajstić information content (AvgIpc) is 2.57. The highest BCUT2D eigenvalue weighted by Gasteiger charge is 2.34. The Labute approximate surface area is 150 Å². The summed E-state index contributed by atoms with van der Waals surface area (Å²) in [4.78, 5) is 2.04. The molecule has 0 amide bonds. The van der Waals surface area contributed by atoms with E-state index in [4.69, 9.17) is 0 Å². The molecular weight excluding hydrogens is 323 g/mol. The van der Waals surface area contributed by atoms with Gasteiger partial charge in [0, 0.05) is 5.56 Å². The lowest BCUT2D eigenvalue weighted by atomic mass is 9.74. The zero-order valence-corrected chi connectivity index (χ0v) is 15.0. The van der Waals surface area contributed by atoms with Crippen LogP contribution in [0, 0.1) is 17.1 Å². The Hall–Kier alpha value is -1.89. The van der Waals surface area contributed by atoms with Gasteiger partial charge in [-0.3, -0.25) is 0 Å². The summed E-state index contributed by atoms with van der Waals surface area (Å²) < 4.78 is 14.4. The first-order valence-electron chi connectivity index (χ1n) is 7.92. The molecule has 0 aliphatic carbocycles. The van der Waals surface area contributed by atoms with Gasteiger partial charge in [0.2, 0.25) is 0 Å². The molecule has 0 saturated heterocycles. The van der Waals surface area contributed by atoms with Gasteiger partial charge in [-0.15, -0.1) is 12.4 Å². The molecule has 2 rings (SSSR count). The number of hydrogen-bond donors (Lipinski definition) is 0. The van der Waals surface area contributed by atoms with Gasteiger partial charge in [0.25, 0.3) is 0 Å². The fourth-order valence-corrected chi connectivity index (χ4v) is 2.83. The van der Waals surface area contributed by atoms with Gasteiger partial charge in [-0.25, -0.2) is 4.39 Å². The zero-order valence-electron chi connectivity index (χ0n) is 14.2. The highest BCUT2D eigenvalue weighted by molar-refractivity contribution is 5.85. The van der Waals surface area contributed by atoms with E-state index in [1.807, 2.05) is 43.3 Å². The quantitative estimate of drug-likeness (QED) is 0.733. The third kappa shape index (κ3) is 5.06. The Morgan fingerprint density at radius 2 is 1.62 bits per heavy atom. The van der Waals surface area contributed by atoms with E-state index in [-0.39, 0.29) is 18.2 Å². The molecule has 0 aliphatic rings. The van der Waals surface area contributed by atoms with Gasteiger partial charge in [-0.2, -0.15) is 5.26 Å². The summed E-state index contributed by atoms with van der Waals surface area (Å²) in [5.74, 6) is -0.291. The maximum atomic E-state index is 14.4. The van der Waals surface area contributed by atoms with Crippen LogP contribution in [0.25, 0.3) is 0 Å². The van der Waals surface area contributed by atoms with Gasteiger partial charge in [0.15, 0.2) is 0 Å². The molecule has 0 fully saturated rings. The van der Waals surface area contributed by atoms with Crippen LogP contribution in [-0.2, 0) is 11.8 Å². The lowest BCUT2D eigenvalue weighted by Crippen LogP contribution is -2.31. The molecule has 4 heteroatoms. The highest BCUT2D eigenvalue weighted by Crippen LogP contribution is 2.34. The van der Waals surface area contributed by atoms with Gasteiger partial charge in [-0.05, 0) is 51.5 Å². The summed E-state index contributed by atoms with van der Waals surface area (Å²) in [5.41, 5.74) is 0.888. The maximum Gasteiger partial charge on any atom is 0.128 e. The second-order valence-electron chi connectivity index (χ2n) is 6.21. The van der Waals surface area contributed by atoms with Crippen LogP contribution in [0.3, 0.4) is 0 Å². The molecule has 0 spiro atoms. The second-order valence-corrected chi connectivity index (χ2v) is 6.21.